The number of ether oxygens (including phenoxy) is 2. The molecule has 40 heavy (non-hydrogen) atoms. The molecule has 1 heterocycles. The van der Waals surface area contributed by atoms with Gasteiger partial charge in [0.2, 0.25) is 11.8 Å². The quantitative estimate of drug-likeness (QED) is 0.335. The minimum absolute atomic E-state index is 0.0831. The Morgan fingerprint density at radius 3 is 2.20 bits per heavy atom. The molecule has 1 fully saturated rings. The molecule has 1 aliphatic rings. The number of nitrogens with zero attached hydrogens (tertiary/aromatic N) is 2. The van der Waals surface area contributed by atoms with E-state index in [1.807, 2.05) is 12.1 Å². The fourth-order valence-corrected chi connectivity index (χ4v) is 5.11. The summed E-state index contributed by atoms with van der Waals surface area (Å²) in [5.74, 6) is -1.52. The molecular weight excluding hydrogens is 554 g/mol. The zero-order valence-corrected chi connectivity index (χ0v) is 23.3. The Balaban J connectivity index is 1.51. The maximum Gasteiger partial charge on any atom is 0.338 e. The molecule has 1 saturated heterocycles. The minimum Gasteiger partial charge on any atom is -0.465 e. The third kappa shape index (κ3) is 7.28. The van der Waals surface area contributed by atoms with Crippen molar-refractivity contribution in [1.82, 2.24) is 4.90 Å². The highest BCUT2D eigenvalue weighted by atomic mass is 35.5. The van der Waals surface area contributed by atoms with E-state index in [0.717, 1.165) is 5.56 Å². The molecule has 11 heteroatoms. The maximum absolute atomic E-state index is 13.4. The van der Waals surface area contributed by atoms with Gasteiger partial charge in [-0.25, -0.2) is 14.6 Å². The number of esters is 2. The molecule has 0 radical (unpaired) electrons. The Labute approximate surface area is 240 Å². The second-order valence-electron chi connectivity index (χ2n) is 8.64. The Hall–Kier alpha value is -4.15. The monoisotopic (exact) mass is 579 g/mol. The van der Waals surface area contributed by atoms with E-state index >= 15 is 0 Å². The third-order valence-electron chi connectivity index (χ3n) is 5.84. The molecule has 206 valence electrons. The van der Waals surface area contributed by atoms with Gasteiger partial charge in [-0.1, -0.05) is 35.5 Å². The summed E-state index contributed by atoms with van der Waals surface area (Å²) in [6.07, 6.45) is -0.0831. The van der Waals surface area contributed by atoms with Crippen LogP contribution in [-0.4, -0.2) is 52.8 Å². The van der Waals surface area contributed by atoms with Crippen molar-refractivity contribution in [2.45, 2.75) is 25.1 Å². The molecule has 1 atom stereocenters. The van der Waals surface area contributed by atoms with Crippen molar-refractivity contribution >= 4 is 63.7 Å². The van der Waals surface area contributed by atoms with Gasteiger partial charge in [0.15, 0.2) is 5.17 Å². The van der Waals surface area contributed by atoms with Gasteiger partial charge >= 0.3 is 11.9 Å². The highest BCUT2D eigenvalue weighted by Gasteiger charge is 2.39. The molecule has 2 amide bonds. The lowest BCUT2D eigenvalue weighted by Crippen LogP contribution is -2.33. The number of carbonyl (C=O) groups excluding carboxylic acids is 4. The van der Waals surface area contributed by atoms with E-state index in [1.54, 1.807) is 67.6 Å². The fourth-order valence-electron chi connectivity index (χ4n) is 3.83. The van der Waals surface area contributed by atoms with Crippen LogP contribution in [0.3, 0.4) is 0 Å². The number of rotatable bonds is 9. The van der Waals surface area contributed by atoms with Crippen molar-refractivity contribution in [2.24, 2.45) is 4.99 Å². The van der Waals surface area contributed by atoms with Crippen molar-refractivity contribution in [3.63, 3.8) is 0 Å². The standard InChI is InChI=1S/C29H26ClN3O6S/c1-3-39-28(37)20-8-14-23(15-9-20)32-29-33(17-18-4-10-21(30)11-5-18)26(35)24(40-29)16-25(34)31-22-12-6-19(7-13-22)27(36)38-2/h4-15,24H,3,16-17H2,1-2H3,(H,31,34)/t24-/m0/s1. The number of methoxy groups -OCH3 is 1. The molecule has 0 unspecified atom stereocenters. The van der Waals surface area contributed by atoms with Crippen LogP contribution < -0.4 is 5.32 Å². The molecule has 0 saturated carbocycles. The average Bonchev–Trinajstić information content (AvgIpc) is 3.23. The minimum atomic E-state index is -0.695. The van der Waals surface area contributed by atoms with Crippen molar-refractivity contribution in [1.29, 1.82) is 0 Å². The van der Waals surface area contributed by atoms with Crippen molar-refractivity contribution < 1.29 is 28.7 Å². The van der Waals surface area contributed by atoms with Gasteiger partial charge in [0.1, 0.15) is 5.25 Å². The zero-order chi connectivity index (χ0) is 28.6. The number of benzene rings is 3. The van der Waals surface area contributed by atoms with E-state index in [0.29, 0.717) is 32.7 Å². The van der Waals surface area contributed by atoms with Gasteiger partial charge in [-0.15, -0.1) is 0 Å². The first-order chi connectivity index (χ1) is 19.3. The van der Waals surface area contributed by atoms with Crippen molar-refractivity contribution in [2.75, 3.05) is 19.0 Å². The third-order valence-corrected chi connectivity index (χ3v) is 7.26. The van der Waals surface area contributed by atoms with E-state index in [1.165, 1.54) is 23.8 Å². The summed E-state index contributed by atoms with van der Waals surface area (Å²) in [6.45, 7) is 2.25. The first kappa shape index (κ1) is 28.8. The number of halogens is 1. The van der Waals surface area contributed by atoms with E-state index in [9.17, 15) is 19.2 Å². The van der Waals surface area contributed by atoms with Crippen LogP contribution in [0.5, 0.6) is 0 Å². The van der Waals surface area contributed by atoms with Gasteiger partial charge in [0.25, 0.3) is 0 Å². The van der Waals surface area contributed by atoms with Crippen LogP contribution in [0.2, 0.25) is 5.02 Å². The number of aliphatic imine (C=N–C) groups is 1. The molecular formula is C29H26ClN3O6S. The number of anilines is 1. The smallest absolute Gasteiger partial charge is 0.338 e. The number of hydrogen-bond donors (Lipinski definition) is 1. The molecule has 1 aliphatic heterocycles. The molecule has 4 rings (SSSR count). The SMILES string of the molecule is CCOC(=O)c1ccc(N=C2S[C@@H](CC(=O)Nc3ccc(C(=O)OC)cc3)C(=O)N2Cc2ccc(Cl)cc2)cc1. The molecule has 3 aromatic carbocycles. The Kier molecular flexibility index (Phi) is 9.57. The summed E-state index contributed by atoms with van der Waals surface area (Å²) in [5, 5.41) is 3.08. The van der Waals surface area contributed by atoms with Crippen LogP contribution in [0.1, 0.15) is 39.6 Å². The Morgan fingerprint density at radius 2 is 1.57 bits per heavy atom. The second-order valence-corrected chi connectivity index (χ2v) is 10.2. The molecule has 0 spiro atoms. The summed E-state index contributed by atoms with van der Waals surface area (Å²) in [4.78, 5) is 56.1. The predicted molar refractivity (Wildman–Crippen MR) is 154 cm³/mol. The van der Waals surface area contributed by atoms with Crippen LogP contribution >= 0.6 is 23.4 Å². The van der Waals surface area contributed by atoms with E-state index in [2.05, 4.69) is 15.0 Å². The molecule has 1 N–H and O–H groups in total. The van der Waals surface area contributed by atoms with E-state index < -0.39 is 17.2 Å². The van der Waals surface area contributed by atoms with Gasteiger partial charge in [0.05, 0.1) is 37.1 Å². The summed E-state index contributed by atoms with van der Waals surface area (Å²) in [5.41, 5.74) is 2.63. The van der Waals surface area contributed by atoms with Gasteiger partial charge in [-0.3, -0.25) is 14.5 Å². The largest absolute Gasteiger partial charge is 0.465 e. The lowest BCUT2D eigenvalue weighted by atomic mass is 10.2. The lowest BCUT2D eigenvalue weighted by Gasteiger charge is -2.17. The number of thioether (sulfide) groups is 1. The predicted octanol–water partition coefficient (Wildman–Crippen LogP) is 5.46. The van der Waals surface area contributed by atoms with Gasteiger partial charge < -0.3 is 14.8 Å². The fraction of sp³-hybridized carbons (Fsp3) is 0.207. The van der Waals surface area contributed by atoms with Gasteiger partial charge in [0, 0.05) is 17.1 Å². The van der Waals surface area contributed by atoms with Crippen molar-refractivity contribution in [3.05, 3.63) is 94.5 Å². The summed E-state index contributed by atoms with van der Waals surface area (Å²) in [7, 11) is 1.29. The van der Waals surface area contributed by atoms with E-state index in [-0.39, 0.29) is 31.4 Å². The Morgan fingerprint density at radius 1 is 0.950 bits per heavy atom. The highest BCUT2D eigenvalue weighted by Crippen LogP contribution is 2.33. The van der Waals surface area contributed by atoms with Gasteiger partial charge in [-0.05, 0) is 73.2 Å². The lowest BCUT2D eigenvalue weighted by molar-refractivity contribution is -0.128. The molecule has 0 aliphatic carbocycles. The van der Waals surface area contributed by atoms with Crippen LogP contribution in [0.25, 0.3) is 0 Å². The second kappa shape index (κ2) is 13.3. The van der Waals surface area contributed by atoms with Gasteiger partial charge in [-0.2, -0.15) is 0 Å². The van der Waals surface area contributed by atoms with Crippen LogP contribution in [0.15, 0.2) is 77.8 Å². The summed E-state index contributed by atoms with van der Waals surface area (Å²) in [6, 6.07) is 20.0. The number of hydrogen-bond acceptors (Lipinski definition) is 8. The van der Waals surface area contributed by atoms with E-state index in [4.69, 9.17) is 16.3 Å². The molecule has 0 bridgehead atoms. The Bertz CT molecular complexity index is 1430. The maximum atomic E-state index is 13.4. The highest BCUT2D eigenvalue weighted by molar-refractivity contribution is 8.15. The first-order valence-corrected chi connectivity index (χ1v) is 13.6. The number of amides is 2. The normalized spacial score (nSPS) is 15.7. The van der Waals surface area contributed by atoms with Crippen LogP contribution in [-0.2, 0) is 25.6 Å². The first-order valence-electron chi connectivity index (χ1n) is 12.3. The number of nitrogens with one attached hydrogen (secondary N) is 1. The average molecular weight is 580 g/mol. The molecule has 0 aromatic heterocycles. The molecule has 9 nitrogen and oxygen atoms in total. The van der Waals surface area contributed by atoms with Crippen LogP contribution in [0, 0.1) is 0 Å². The topological polar surface area (TPSA) is 114 Å². The zero-order valence-electron chi connectivity index (χ0n) is 21.8. The number of amidine groups is 1. The van der Waals surface area contributed by atoms with Crippen LogP contribution in [0.4, 0.5) is 11.4 Å². The number of carbonyl (C=O) groups is 4. The van der Waals surface area contributed by atoms with Crippen molar-refractivity contribution in [3.8, 4) is 0 Å². The molecule has 3 aromatic rings. The summed E-state index contributed by atoms with van der Waals surface area (Å²) >= 11 is 7.22. The summed E-state index contributed by atoms with van der Waals surface area (Å²) < 4.78 is 9.71.